The Morgan fingerprint density at radius 1 is 1.40 bits per heavy atom. The van der Waals surface area contributed by atoms with Crippen LogP contribution in [0, 0.1) is 3.57 Å². The number of hydrogen-bond donors (Lipinski definition) is 1. The van der Waals surface area contributed by atoms with Crippen LogP contribution < -0.4 is 5.32 Å². The zero-order valence-corrected chi connectivity index (χ0v) is 13.5. The van der Waals surface area contributed by atoms with Crippen LogP contribution in [0.5, 0.6) is 0 Å². The molecule has 0 saturated heterocycles. The van der Waals surface area contributed by atoms with Crippen molar-refractivity contribution in [1.29, 1.82) is 0 Å². The maximum Gasteiger partial charge on any atom is 0.261 e. The van der Waals surface area contributed by atoms with Gasteiger partial charge in [0.05, 0.1) is 15.9 Å². The fourth-order valence-corrected chi connectivity index (χ4v) is 2.74. The van der Waals surface area contributed by atoms with Gasteiger partial charge in [0.15, 0.2) is 0 Å². The third-order valence-electron chi connectivity index (χ3n) is 2.95. The van der Waals surface area contributed by atoms with Crippen LogP contribution in [0.3, 0.4) is 0 Å². The van der Waals surface area contributed by atoms with Crippen LogP contribution in [-0.2, 0) is 11.2 Å². The van der Waals surface area contributed by atoms with Crippen LogP contribution >= 0.6 is 22.6 Å². The summed E-state index contributed by atoms with van der Waals surface area (Å²) < 4.78 is 29.9. The third kappa shape index (κ3) is 4.47. The number of nitrogens with zero attached hydrogens (tertiary/aromatic N) is 2. The lowest BCUT2D eigenvalue weighted by molar-refractivity contribution is 0.0183. The van der Waals surface area contributed by atoms with Crippen LogP contribution in [0.15, 0.2) is 0 Å². The van der Waals surface area contributed by atoms with E-state index < -0.39 is 13.0 Å². The molecule has 0 spiro atoms. The molecule has 4 nitrogen and oxygen atoms in total. The Morgan fingerprint density at radius 3 is 2.75 bits per heavy atom. The number of hydrogen-bond acceptors (Lipinski definition) is 4. The van der Waals surface area contributed by atoms with E-state index in [4.69, 9.17) is 4.74 Å². The lowest BCUT2D eigenvalue weighted by Crippen LogP contribution is -2.12. The largest absolute Gasteiger partial charge is 0.375 e. The lowest BCUT2D eigenvalue weighted by atomic mass is 10.2. The van der Waals surface area contributed by atoms with E-state index in [1.165, 1.54) is 12.8 Å². The zero-order chi connectivity index (χ0) is 14.5. The Balaban J connectivity index is 2.03. The highest BCUT2D eigenvalue weighted by atomic mass is 127. The highest BCUT2D eigenvalue weighted by molar-refractivity contribution is 14.1. The molecule has 1 N–H and O–H groups in total. The van der Waals surface area contributed by atoms with Gasteiger partial charge >= 0.3 is 0 Å². The first-order chi connectivity index (χ1) is 9.61. The number of alkyl halides is 2. The molecule has 1 fully saturated rings. The molecule has 1 aromatic heterocycles. The van der Waals surface area contributed by atoms with Gasteiger partial charge < -0.3 is 10.1 Å². The number of nitrogens with one attached hydrogen (secondary N) is 1. The van der Waals surface area contributed by atoms with Crippen molar-refractivity contribution in [3.63, 3.8) is 0 Å². The van der Waals surface area contributed by atoms with Crippen LogP contribution in [0.2, 0.25) is 0 Å². The number of anilines is 1. The van der Waals surface area contributed by atoms with Crippen molar-refractivity contribution < 1.29 is 13.5 Å². The molecule has 7 heteroatoms. The molecule has 1 saturated carbocycles. The predicted octanol–water partition coefficient (Wildman–Crippen LogP) is 3.21. The van der Waals surface area contributed by atoms with Crippen LogP contribution in [-0.4, -0.2) is 36.2 Å². The van der Waals surface area contributed by atoms with E-state index in [2.05, 4.69) is 37.9 Å². The van der Waals surface area contributed by atoms with Crippen LogP contribution in [0.4, 0.5) is 14.6 Å². The maximum absolute atomic E-state index is 12.0. The summed E-state index contributed by atoms with van der Waals surface area (Å²) in [7, 11) is 0. The normalized spacial score (nSPS) is 14.8. The SMILES string of the molecule is CCNc1nc(CCOCC(F)F)nc(C2CC2)c1I. The van der Waals surface area contributed by atoms with Gasteiger partial charge in [0, 0.05) is 18.9 Å². The van der Waals surface area contributed by atoms with E-state index in [-0.39, 0.29) is 6.61 Å². The summed E-state index contributed by atoms with van der Waals surface area (Å²) in [5.41, 5.74) is 1.08. The lowest BCUT2D eigenvalue weighted by Gasteiger charge is -2.12. The van der Waals surface area contributed by atoms with Crippen molar-refractivity contribution in [2.24, 2.45) is 0 Å². The molecule has 0 aromatic carbocycles. The number of halogens is 3. The average molecular weight is 397 g/mol. The van der Waals surface area contributed by atoms with Gasteiger partial charge in [-0.2, -0.15) is 0 Å². The second-order valence-corrected chi connectivity index (χ2v) is 5.79. The van der Waals surface area contributed by atoms with Gasteiger partial charge in [-0.25, -0.2) is 18.7 Å². The van der Waals surface area contributed by atoms with Gasteiger partial charge in [0.1, 0.15) is 18.2 Å². The maximum atomic E-state index is 12.0. The number of ether oxygens (including phenoxy) is 1. The van der Waals surface area contributed by atoms with Gasteiger partial charge in [-0.05, 0) is 42.4 Å². The summed E-state index contributed by atoms with van der Waals surface area (Å²) in [6.45, 7) is 2.50. The molecule has 1 aromatic rings. The van der Waals surface area contributed by atoms with Crippen molar-refractivity contribution in [3.8, 4) is 0 Å². The standard InChI is InChI=1S/C13H18F2IN3O/c1-2-17-13-11(16)12(8-3-4-8)18-10(19-13)5-6-20-7-9(14)15/h8-9H,2-7H2,1H3,(H,17,18,19). The van der Waals surface area contributed by atoms with Crippen molar-refractivity contribution in [3.05, 3.63) is 15.1 Å². The Labute approximate surface area is 130 Å². The highest BCUT2D eigenvalue weighted by Gasteiger charge is 2.29. The van der Waals surface area contributed by atoms with Crippen molar-refractivity contribution in [2.75, 3.05) is 25.1 Å². The highest BCUT2D eigenvalue weighted by Crippen LogP contribution is 2.42. The fraction of sp³-hybridized carbons (Fsp3) is 0.692. The van der Waals surface area contributed by atoms with Crippen LogP contribution in [0.1, 0.15) is 37.2 Å². The first-order valence-corrected chi connectivity index (χ1v) is 7.85. The summed E-state index contributed by atoms with van der Waals surface area (Å²) >= 11 is 2.27. The van der Waals surface area contributed by atoms with E-state index in [9.17, 15) is 8.78 Å². The first-order valence-electron chi connectivity index (χ1n) is 6.77. The molecule has 112 valence electrons. The summed E-state index contributed by atoms with van der Waals surface area (Å²) in [6.07, 6.45) is 0.369. The Hall–Kier alpha value is -0.570. The van der Waals surface area contributed by atoms with Gasteiger partial charge in [0.2, 0.25) is 0 Å². The van der Waals surface area contributed by atoms with Crippen molar-refractivity contribution >= 4 is 28.4 Å². The van der Waals surface area contributed by atoms with Gasteiger partial charge in [-0.3, -0.25) is 0 Å². The fourth-order valence-electron chi connectivity index (χ4n) is 1.87. The summed E-state index contributed by atoms with van der Waals surface area (Å²) in [5.74, 6) is 2.04. The number of aromatic nitrogens is 2. The van der Waals surface area contributed by atoms with Gasteiger partial charge in [-0.15, -0.1) is 0 Å². The third-order valence-corrected chi connectivity index (χ3v) is 4.01. The van der Waals surface area contributed by atoms with E-state index in [1.54, 1.807) is 0 Å². The van der Waals surface area contributed by atoms with Crippen molar-refractivity contribution in [1.82, 2.24) is 9.97 Å². The molecule has 0 amide bonds. The predicted molar refractivity (Wildman–Crippen MR) is 81.4 cm³/mol. The van der Waals surface area contributed by atoms with E-state index in [0.29, 0.717) is 18.2 Å². The summed E-state index contributed by atoms with van der Waals surface area (Å²) in [5, 5.41) is 3.23. The molecule has 1 aliphatic carbocycles. The minimum atomic E-state index is -2.42. The van der Waals surface area contributed by atoms with E-state index >= 15 is 0 Å². The zero-order valence-electron chi connectivity index (χ0n) is 11.3. The molecule has 0 bridgehead atoms. The second kappa shape index (κ2) is 7.44. The minimum absolute atomic E-state index is 0.223. The number of rotatable bonds is 8. The molecule has 2 rings (SSSR count). The Morgan fingerprint density at radius 2 is 2.15 bits per heavy atom. The Bertz CT molecular complexity index is 455. The van der Waals surface area contributed by atoms with Gasteiger partial charge in [-0.1, -0.05) is 0 Å². The smallest absolute Gasteiger partial charge is 0.261 e. The molecule has 1 heterocycles. The molecule has 0 aliphatic heterocycles. The summed E-state index contributed by atoms with van der Waals surface area (Å²) in [6, 6.07) is 0. The monoisotopic (exact) mass is 397 g/mol. The minimum Gasteiger partial charge on any atom is -0.375 e. The van der Waals surface area contributed by atoms with Crippen molar-refractivity contribution in [2.45, 2.75) is 38.5 Å². The molecule has 0 atom stereocenters. The Kier molecular flexibility index (Phi) is 5.88. The molecular formula is C13H18F2IN3O. The first kappa shape index (κ1) is 15.8. The second-order valence-electron chi connectivity index (χ2n) is 4.71. The molecular weight excluding hydrogens is 379 g/mol. The van der Waals surface area contributed by atoms with Gasteiger partial charge in [0.25, 0.3) is 6.43 Å². The van der Waals surface area contributed by atoms with E-state index in [1.807, 2.05) is 6.92 Å². The average Bonchev–Trinajstić information content (AvgIpc) is 3.22. The van der Waals surface area contributed by atoms with Crippen LogP contribution in [0.25, 0.3) is 0 Å². The van der Waals surface area contributed by atoms with E-state index in [0.717, 1.165) is 21.6 Å². The summed E-state index contributed by atoms with van der Waals surface area (Å²) in [4.78, 5) is 9.02. The molecule has 0 unspecified atom stereocenters. The molecule has 1 aliphatic rings. The molecule has 20 heavy (non-hydrogen) atoms. The molecule has 0 radical (unpaired) electrons. The quantitative estimate of drug-likeness (QED) is 0.541. The topological polar surface area (TPSA) is 47.0 Å².